The van der Waals surface area contributed by atoms with Crippen LogP contribution >= 0.6 is 0 Å². The first-order chi connectivity index (χ1) is 14.6. The second-order valence-electron chi connectivity index (χ2n) is 7.84. The molecule has 2 aromatic rings. The molecule has 0 aliphatic carbocycles. The highest BCUT2D eigenvalue weighted by molar-refractivity contribution is 5.97. The number of para-hydroxylation sites is 1. The first-order valence-corrected chi connectivity index (χ1v) is 10.7. The summed E-state index contributed by atoms with van der Waals surface area (Å²) in [5.74, 6) is 1.48. The molecular formula is C24H28N2O4. The summed E-state index contributed by atoms with van der Waals surface area (Å²) in [7, 11) is 0. The molecule has 2 aromatic carbocycles. The summed E-state index contributed by atoms with van der Waals surface area (Å²) in [6.07, 6.45) is 3.54. The summed E-state index contributed by atoms with van der Waals surface area (Å²) in [6, 6.07) is 13.2. The zero-order chi connectivity index (χ0) is 20.9. The molecule has 0 radical (unpaired) electrons. The SMILES string of the molecule is C[C@@H](NC(=O)c1ccccc1OCCN1CCCC1=O)c1ccc2c(c1)CCCO2. The van der Waals surface area contributed by atoms with E-state index in [4.69, 9.17) is 9.47 Å². The lowest BCUT2D eigenvalue weighted by Crippen LogP contribution is -2.30. The van der Waals surface area contributed by atoms with Crippen LogP contribution in [0.3, 0.4) is 0 Å². The van der Waals surface area contributed by atoms with Crippen LogP contribution in [-0.4, -0.2) is 43.0 Å². The van der Waals surface area contributed by atoms with Crippen molar-refractivity contribution in [3.05, 3.63) is 59.2 Å². The molecule has 1 N–H and O–H groups in total. The van der Waals surface area contributed by atoms with E-state index in [1.54, 1.807) is 12.1 Å². The summed E-state index contributed by atoms with van der Waals surface area (Å²) >= 11 is 0. The van der Waals surface area contributed by atoms with Gasteiger partial charge < -0.3 is 19.7 Å². The van der Waals surface area contributed by atoms with Gasteiger partial charge in [0.25, 0.3) is 5.91 Å². The molecule has 4 rings (SSSR count). The second-order valence-corrected chi connectivity index (χ2v) is 7.84. The smallest absolute Gasteiger partial charge is 0.255 e. The highest BCUT2D eigenvalue weighted by Crippen LogP contribution is 2.28. The minimum absolute atomic E-state index is 0.139. The van der Waals surface area contributed by atoms with Gasteiger partial charge >= 0.3 is 0 Å². The van der Waals surface area contributed by atoms with Gasteiger partial charge in [0.05, 0.1) is 24.8 Å². The van der Waals surface area contributed by atoms with E-state index in [1.807, 2.05) is 36.1 Å². The van der Waals surface area contributed by atoms with Crippen molar-refractivity contribution in [2.45, 2.75) is 38.6 Å². The van der Waals surface area contributed by atoms with Crippen LogP contribution in [0.25, 0.3) is 0 Å². The topological polar surface area (TPSA) is 67.9 Å². The third-order valence-electron chi connectivity index (χ3n) is 5.70. The highest BCUT2D eigenvalue weighted by atomic mass is 16.5. The number of rotatable bonds is 7. The van der Waals surface area contributed by atoms with Crippen LogP contribution < -0.4 is 14.8 Å². The number of nitrogens with one attached hydrogen (secondary N) is 1. The molecule has 30 heavy (non-hydrogen) atoms. The fraction of sp³-hybridized carbons (Fsp3) is 0.417. The minimum atomic E-state index is -0.177. The summed E-state index contributed by atoms with van der Waals surface area (Å²) in [5.41, 5.74) is 2.75. The van der Waals surface area contributed by atoms with Crippen LogP contribution in [0.4, 0.5) is 0 Å². The molecule has 2 aliphatic rings. The van der Waals surface area contributed by atoms with Crippen molar-refractivity contribution in [2.75, 3.05) is 26.3 Å². The number of hydrogen-bond donors (Lipinski definition) is 1. The minimum Gasteiger partial charge on any atom is -0.493 e. The van der Waals surface area contributed by atoms with Crippen molar-refractivity contribution in [1.82, 2.24) is 10.2 Å². The molecule has 2 aliphatic heterocycles. The van der Waals surface area contributed by atoms with E-state index in [1.165, 1.54) is 5.56 Å². The predicted octanol–water partition coefficient (Wildman–Crippen LogP) is 3.50. The first kappa shape index (κ1) is 20.3. The van der Waals surface area contributed by atoms with Crippen LogP contribution in [0.15, 0.2) is 42.5 Å². The second kappa shape index (κ2) is 9.20. The van der Waals surface area contributed by atoms with E-state index < -0.39 is 0 Å². The molecule has 2 heterocycles. The van der Waals surface area contributed by atoms with Crippen molar-refractivity contribution in [1.29, 1.82) is 0 Å². The molecule has 0 bridgehead atoms. The van der Waals surface area contributed by atoms with Crippen LogP contribution in [0, 0.1) is 0 Å². The molecular weight excluding hydrogens is 380 g/mol. The van der Waals surface area contributed by atoms with Gasteiger partial charge in [-0.15, -0.1) is 0 Å². The molecule has 1 atom stereocenters. The number of aryl methyl sites for hydroxylation is 1. The maximum absolute atomic E-state index is 12.9. The van der Waals surface area contributed by atoms with Crippen molar-refractivity contribution in [2.24, 2.45) is 0 Å². The van der Waals surface area contributed by atoms with Crippen LogP contribution in [0.1, 0.15) is 53.7 Å². The zero-order valence-corrected chi connectivity index (χ0v) is 17.4. The average Bonchev–Trinajstić information content (AvgIpc) is 3.18. The summed E-state index contributed by atoms with van der Waals surface area (Å²) in [5, 5.41) is 3.07. The Bertz CT molecular complexity index is 927. The molecule has 6 nitrogen and oxygen atoms in total. The molecule has 0 aromatic heterocycles. The van der Waals surface area contributed by atoms with Gasteiger partial charge in [-0.05, 0) is 55.5 Å². The lowest BCUT2D eigenvalue weighted by Gasteiger charge is -2.21. The zero-order valence-electron chi connectivity index (χ0n) is 17.4. The monoisotopic (exact) mass is 408 g/mol. The Kier molecular flexibility index (Phi) is 6.21. The largest absolute Gasteiger partial charge is 0.493 e. The summed E-state index contributed by atoms with van der Waals surface area (Å²) in [6.45, 7) is 4.44. The van der Waals surface area contributed by atoms with Gasteiger partial charge in [0.2, 0.25) is 5.91 Å². The number of nitrogens with zero attached hydrogens (tertiary/aromatic N) is 1. The first-order valence-electron chi connectivity index (χ1n) is 10.7. The Morgan fingerprint density at radius 1 is 1.20 bits per heavy atom. The molecule has 0 unspecified atom stereocenters. The fourth-order valence-electron chi connectivity index (χ4n) is 3.99. The maximum atomic E-state index is 12.9. The van der Waals surface area contributed by atoms with Gasteiger partial charge in [0.15, 0.2) is 0 Å². The highest BCUT2D eigenvalue weighted by Gasteiger charge is 2.21. The number of hydrogen-bond acceptors (Lipinski definition) is 4. The number of benzene rings is 2. The summed E-state index contributed by atoms with van der Waals surface area (Å²) < 4.78 is 11.5. The number of likely N-dealkylation sites (tertiary alicyclic amines) is 1. The number of carbonyl (C=O) groups is 2. The normalized spacial score (nSPS) is 16.6. The molecule has 0 saturated carbocycles. The van der Waals surface area contributed by atoms with Gasteiger partial charge in [0, 0.05) is 13.0 Å². The molecule has 2 amide bonds. The van der Waals surface area contributed by atoms with Crippen LogP contribution in [0.2, 0.25) is 0 Å². The standard InChI is InChI=1S/C24H28N2O4/c1-17(18-10-11-21-19(16-18)6-5-14-29-21)25-24(28)20-7-2-3-8-22(20)30-15-13-26-12-4-9-23(26)27/h2-3,7-8,10-11,16-17H,4-6,9,12-15H2,1H3,(H,25,28)/t17-/m1/s1. The van der Waals surface area contributed by atoms with Gasteiger partial charge in [-0.25, -0.2) is 0 Å². The Morgan fingerprint density at radius 2 is 2.07 bits per heavy atom. The van der Waals surface area contributed by atoms with Gasteiger partial charge in [-0.3, -0.25) is 9.59 Å². The Labute approximate surface area is 177 Å². The van der Waals surface area contributed by atoms with E-state index in [0.717, 1.165) is 43.7 Å². The van der Waals surface area contributed by atoms with Gasteiger partial charge in [-0.1, -0.05) is 24.3 Å². The lowest BCUT2D eigenvalue weighted by molar-refractivity contribution is -0.128. The Balaban J connectivity index is 1.39. The molecule has 158 valence electrons. The molecule has 1 saturated heterocycles. The molecule has 1 fully saturated rings. The number of fused-ring (bicyclic) bond motifs is 1. The molecule has 0 spiro atoms. The number of carbonyl (C=O) groups excluding carboxylic acids is 2. The third-order valence-corrected chi connectivity index (χ3v) is 5.70. The van der Waals surface area contributed by atoms with Crippen LogP contribution in [0.5, 0.6) is 11.5 Å². The quantitative estimate of drug-likeness (QED) is 0.761. The number of amides is 2. The average molecular weight is 408 g/mol. The third kappa shape index (κ3) is 4.58. The van der Waals surface area contributed by atoms with Crippen molar-refractivity contribution in [3.63, 3.8) is 0 Å². The van der Waals surface area contributed by atoms with Gasteiger partial charge in [0.1, 0.15) is 18.1 Å². The molecule has 6 heteroatoms. The maximum Gasteiger partial charge on any atom is 0.255 e. The van der Waals surface area contributed by atoms with E-state index in [0.29, 0.717) is 30.9 Å². The Morgan fingerprint density at radius 3 is 2.90 bits per heavy atom. The van der Waals surface area contributed by atoms with E-state index in [9.17, 15) is 9.59 Å². The Hall–Kier alpha value is -3.02. The van der Waals surface area contributed by atoms with Crippen molar-refractivity contribution >= 4 is 11.8 Å². The van der Waals surface area contributed by atoms with E-state index in [2.05, 4.69) is 11.4 Å². The number of ether oxygens (including phenoxy) is 2. The van der Waals surface area contributed by atoms with Gasteiger partial charge in [-0.2, -0.15) is 0 Å². The van der Waals surface area contributed by atoms with E-state index in [-0.39, 0.29) is 17.9 Å². The van der Waals surface area contributed by atoms with Crippen molar-refractivity contribution in [3.8, 4) is 11.5 Å². The van der Waals surface area contributed by atoms with Crippen LogP contribution in [-0.2, 0) is 11.2 Å². The van der Waals surface area contributed by atoms with Crippen molar-refractivity contribution < 1.29 is 19.1 Å². The predicted molar refractivity (Wildman–Crippen MR) is 114 cm³/mol. The fourth-order valence-corrected chi connectivity index (χ4v) is 3.99. The lowest BCUT2D eigenvalue weighted by atomic mass is 10.00. The van der Waals surface area contributed by atoms with E-state index >= 15 is 0 Å². The summed E-state index contributed by atoms with van der Waals surface area (Å²) in [4.78, 5) is 26.5.